The van der Waals surface area contributed by atoms with E-state index < -0.39 is 6.04 Å². The number of amides is 2. The van der Waals surface area contributed by atoms with Gasteiger partial charge in [0.05, 0.1) is 15.8 Å². The second-order valence-corrected chi connectivity index (χ2v) is 8.20. The minimum Gasteiger partial charge on any atom is -0.354 e. The van der Waals surface area contributed by atoms with Crippen molar-refractivity contribution >= 4 is 46.8 Å². The molecule has 0 aliphatic carbocycles. The molecule has 7 heteroatoms. The van der Waals surface area contributed by atoms with Gasteiger partial charge in [0.2, 0.25) is 11.8 Å². The Labute approximate surface area is 180 Å². The number of nitrogens with one attached hydrogen (secondary N) is 1. The first-order chi connectivity index (χ1) is 13.4. The first-order valence-corrected chi connectivity index (χ1v) is 10.9. The fourth-order valence-electron chi connectivity index (χ4n) is 2.56. The van der Waals surface area contributed by atoms with Crippen molar-refractivity contribution in [3.63, 3.8) is 0 Å². The number of halogens is 2. The number of hydrogen-bond acceptors (Lipinski definition) is 3. The van der Waals surface area contributed by atoms with E-state index in [0.717, 1.165) is 16.9 Å². The Kier molecular flexibility index (Phi) is 9.16. The average Bonchev–Trinajstić information content (AvgIpc) is 2.71. The van der Waals surface area contributed by atoms with Crippen LogP contribution in [-0.2, 0) is 16.1 Å². The number of rotatable bonds is 9. The highest BCUT2D eigenvalue weighted by Gasteiger charge is 2.26. The maximum Gasteiger partial charge on any atom is 0.242 e. The fraction of sp³-hybridized carbons (Fsp3) is 0.333. The van der Waals surface area contributed by atoms with Gasteiger partial charge in [0.1, 0.15) is 6.04 Å². The van der Waals surface area contributed by atoms with Crippen molar-refractivity contribution in [3.8, 4) is 0 Å². The van der Waals surface area contributed by atoms with E-state index in [1.165, 1.54) is 11.8 Å². The Balaban J connectivity index is 2.15. The van der Waals surface area contributed by atoms with E-state index in [1.807, 2.05) is 43.3 Å². The molecule has 0 aliphatic heterocycles. The van der Waals surface area contributed by atoms with Gasteiger partial charge in [-0.25, -0.2) is 0 Å². The third-order valence-electron chi connectivity index (χ3n) is 4.16. The molecule has 28 heavy (non-hydrogen) atoms. The van der Waals surface area contributed by atoms with E-state index in [4.69, 9.17) is 23.2 Å². The lowest BCUT2D eigenvalue weighted by atomic mass is 10.1. The summed E-state index contributed by atoms with van der Waals surface area (Å²) < 4.78 is 0. The molecule has 0 fully saturated rings. The van der Waals surface area contributed by atoms with E-state index in [0.29, 0.717) is 16.6 Å². The van der Waals surface area contributed by atoms with Crippen LogP contribution in [0.15, 0.2) is 53.4 Å². The van der Waals surface area contributed by atoms with Crippen LogP contribution in [0.1, 0.15) is 25.8 Å². The van der Waals surface area contributed by atoms with Crippen molar-refractivity contribution in [1.29, 1.82) is 0 Å². The smallest absolute Gasteiger partial charge is 0.242 e. The topological polar surface area (TPSA) is 49.4 Å². The molecule has 0 bridgehead atoms. The molecular weight excluding hydrogens is 415 g/mol. The van der Waals surface area contributed by atoms with E-state index in [-0.39, 0.29) is 24.1 Å². The third kappa shape index (κ3) is 6.73. The van der Waals surface area contributed by atoms with Crippen LogP contribution in [0.25, 0.3) is 0 Å². The quantitative estimate of drug-likeness (QED) is 0.558. The normalized spacial score (nSPS) is 11.7. The number of nitrogens with zero attached hydrogens (tertiary/aromatic N) is 1. The lowest BCUT2D eigenvalue weighted by Gasteiger charge is -2.29. The molecule has 0 spiro atoms. The Hall–Kier alpha value is -1.69. The van der Waals surface area contributed by atoms with Gasteiger partial charge in [-0.1, -0.05) is 54.4 Å². The molecule has 2 amide bonds. The second-order valence-electron chi connectivity index (χ2n) is 6.34. The number of carbonyl (C=O) groups excluding carboxylic acids is 2. The van der Waals surface area contributed by atoms with E-state index in [1.54, 1.807) is 24.0 Å². The van der Waals surface area contributed by atoms with E-state index in [9.17, 15) is 9.59 Å². The van der Waals surface area contributed by atoms with Crippen molar-refractivity contribution in [1.82, 2.24) is 10.2 Å². The maximum absolute atomic E-state index is 13.0. The van der Waals surface area contributed by atoms with Crippen molar-refractivity contribution in [3.05, 3.63) is 64.1 Å². The highest BCUT2D eigenvalue weighted by atomic mass is 35.5. The number of benzene rings is 2. The third-order valence-corrected chi connectivity index (χ3v) is 5.89. The second kappa shape index (κ2) is 11.3. The summed E-state index contributed by atoms with van der Waals surface area (Å²) >= 11 is 13.5. The molecular formula is C21H24Cl2N2O2S. The van der Waals surface area contributed by atoms with Crippen LogP contribution >= 0.6 is 35.0 Å². The van der Waals surface area contributed by atoms with Crippen molar-refractivity contribution in [2.24, 2.45) is 0 Å². The minimum absolute atomic E-state index is 0.112. The Morgan fingerprint density at radius 3 is 2.46 bits per heavy atom. The first-order valence-electron chi connectivity index (χ1n) is 9.11. The highest BCUT2D eigenvalue weighted by Crippen LogP contribution is 2.24. The largest absolute Gasteiger partial charge is 0.354 e. The van der Waals surface area contributed by atoms with Crippen LogP contribution in [0, 0.1) is 0 Å². The highest BCUT2D eigenvalue weighted by molar-refractivity contribution is 8.00. The molecule has 0 aromatic heterocycles. The molecule has 0 aliphatic rings. The van der Waals surface area contributed by atoms with E-state index in [2.05, 4.69) is 5.32 Å². The van der Waals surface area contributed by atoms with Gasteiger partial charge in [-0.05, 0) is 43.2 Å². The monoisotopic (exact) mass is 438 g/mol. The molecule has 1 N–H and O–H groups in total. The molecule has 0 unspecified atom stereocenters. The van der Waals surface area contributed by atoms with Gasteiger partial charge in [0, 0.05) is 18.0 Å². The Morgan fingerprint density at radius 1 is 1.11 bits per heavy atom. The molecule has 150 valence electrons. The summed E-state index contributed by atoms with van der Waals surface area (Å²) in [6, 6.07) is 14.4. The Morgan fingerprint density at radius 2 is 1.82 bits per heavy atom. The number of hydrogen-bond donors (Lipinski definition) is 1. The average molecular weight is 439 g/mol. The SMILES string of the molecule is CCCNC(=O)[C@H](C)N(Cc1ccc(Cl)c(Cl)c1)C(=O)CSc1ccccc1. The van der Waals surface area contributed by atoms with Crippen LogP contribution in [0.5, 0.6) is 0 Å². The molecule has 4 nitrogen and oxygen atoms in total. The van der Waals surface area contributed by atoms with Crippen LogP contribution in [0.4, 0.5) is 0 Å². The summed E-state index contributed by atoms with van der Waals surface area (Å²) in [7, 11) is 0. The molecule has 1 atom stereocenters. The predicted octanol–water partition coefficient (Wildman–Crippen LogP) is 5.03. The lowest BCUT2D eigenvalue weighted by molar-refractivity contribution is -0.138. The van der Waals surface area contributed by atoms with Crippen LogP contribution in [0.3, 0.4) is 0 Å². The van der Waals surface area contributed by atoms with Gasteiger partial charge in [0.25, 0.3) is 0 Å². The lowest BCUT2D eigenvalue weighted by Crippen LogP contribution is -2.48. The van der Waals surface area contributed by atoms with Crippen molar-refractivity contribution < 1.29 is 9.59 Å². The molecule has 0 radical (unpaired) electrons. The van der Waals surface area contributed by atoms with Gasteiger partial charge in [-0.15, -0.1) is 11.8 Å². The molecule has 0 heterocycles. The van der Waals surface area contributed by atoms with Crippen LogP contribution in [0.2, 0.25) is 10.0 Å². The number of carbonyl (C=O) groups is 2. The standard InChI is InChI=1S/C21H24Cl2N2O2S/c1-3-11-24-21(27)15(2)25(13-16-9-10-18(22)19(23)12-16)20(26)14-28-17-7-5-4-6-8-17/h4-10,12,15H,3,11,13-14H2,1-2H3,(H,24,27)/t15-/m0/s1. The zero-order chi connectivity index (χ0) is 20.5. The summed E-state index contributed by atoms with van der Waals surface area (Å²) in [6.07, 6.45) is 0.836. The van der Waals surface area contributed by atoms with Gasteiger partial charge in [0.15, 0.2) is 0 Å². The number of thioether (sulfide) groups is 1. The van der Waals surface area contributed by atoms with Gasteiger partial charge >= 0.3 is 0 Å². The molecule has 2 aromatic carbocycles. The summed E-state index contributed by atoms with van der Waals surface area (Å²) in [5, 5.41) is 3.74. The predicted molar refractivity (Wildman–Crippen MR) is 117 cm³/mol. The zero-order valence-electron chi connectivity index (χ0n) is 16.0. The van der Waals surface area contributed by atoms with Crippen LogP contribution in [-0.4, -0.2) is 35.1 Å². The molecule has 2 rings (SSSR count). The van der Waals surface area contributed by atoms with Gasteiger partial charge in [-0.3, -0.25) is 9.59 Å². The van der Waals surface area contributed by atoms with Gasteiger partial charge < -0.3 is 10.2 Å². The summed E-state index contributed by atoms with van der Waals surface area (Å²) in [5.74, 6) is -0.0319. The van der Waals surface area contributed by atoms with Gasteiger partial charge in [-0.2, -0.15) is 0 Å². The summed E-state index contributed by atoms with van der Waals surface area (Å²) in [6.45, 7) is 4.59. The molecule has 0 saturated heterocycles. The first kappa shape index (κ1) is 22.6. The van der Waals surface area contributed by atoms with E-state index >= 15 is 0 Å². The van der Waals surface area contributed by atoms with Crippen LogP contribution < -0.4 is 5.32 Å². The molecule has 0 saturated carbocycles. The Bertz CT molecular complexity index is 802. The van der Waals surface area contributed by atoms with Crippen molar-refractivity contribution in [2.75, 3.05) is 12.3 Å². The summed E-state index contributed by atoms with van der Waals surface area (Å²) in [5.41, 5.74) is 0.822. The van der Waals surface area contributed by atoms with Crippen molar-refractivity contribution in [2.45, 2.75) is 37.8 Å². The summed E-state index contributed by atoms with van der Waals surface area (Å²) in [4.78, 5) is 28.0. The zero-order valence-corrected chi connectivity index (χ0v) is 18.3. The molecule has 2 aromatic rings. The minimum atomic E-state index is -0.593. The maximum atomic E-state index is 13.0. The fourth-order valence-corrected chi connectivity index (χ4v) is 3.68.